The zero-order valence-electron chi connectivity index (χ0n) is 12.3. The molecular weight excluding hydrogens is 252 g/mol. The molecule has 1 aromatic carbocycles. The molecule has 2 aromatic rings. The van der Waals surface area contributed by atoms with Crippen molar-refractivity contribution in [3.05, 3.63) is 47.3 Å². The van der Waals surface area contributed by atoms with Crippen LogP contribution in [0.3, 0.4) is 0 Å². The Hall–Kier alpha value is -1.81. The number of rotatable bonds is 6. The van der Waals surface area contributed by atoms with Gasteiger partial charge in [-0.2, -0.15) is 5.10 Å². The summed E-state index contributed by atoms with van der Waals surface area (Å²) in [4.78, 5) is 0. The maximum absolute atomic E-state index is 9.58. The van der Waals surface area contributed by atoms with Gasteiger partial charge in [-0.05, 0) is 44.0 Å². The highest BCUT2D eigenvalue weighted by Crippen LogP contribution is 2.20. The fraction of sp³-hybridized carbons (Fsp3) is 0.438. The smallest absolute Gasteiger partial charge is 0.130 e. The number of nitrogens with zero attached hydrogens (tertiary/aromatic N) is 2. The number of aliphatic hydroxyl groups is 1. The summed E-state index contributed by atoms with van der Waals surface area (Å²) in [7, 11) is 0. The Kier molecular flexibility index (Phi) is 4.79. The van der Waals surface area contributed by atoms with Crippen LogP contribution in [0, 0.1) is 0 Å². The molecule has 0 radical (unpaired) electrons. The van der Waals surface area contributed by atoms with Crippen LogP contribution in [0.5, 0.6) is 5.75 Å². The Morgan fingerprint density at radius 2 is 2.10 bits per heavy atom. The van der Waals surface area contributed by atoms with Gasteiger partial charge in [0.05, 0.1) is 17.5 Å². The number of aromatic nitrogens is 2. The van der Waals surface area contributed by atoms with Crippen molar-refractivity contribution in [3.8, 4) is 5.75 Å². The van der Waals surface area contributed by atoms with E-state index in [0.717, 1.165) is 35.7 Å². The minimum atomic E-state index is -0.480. The molecule has 0 aliphatic rings. The predicted octanol–water partition coefficient (Wildman–Crippen LogP) is 3.10. The van der Waals surface area contributed by atoms with Gasteiger partial charge in [0.25, 0.3) is 0 Å². The fourth-order valence-electron chi connectivity index (χ4n) is 2.10. The maximum atomic E-state index is 9.58. The molecule has 4 heteroatoms. The zero-order valence-corrected chi connectivity index (χ0v) is 12.3. The molecule has 1 atom stereocenters. The second-order valence-electron chi connectivity index (χ2n) is 4.83. The Bertz CT molecular complexity index is 561. The molecule has 20 heavy (non-hydrogen) atoms. The Morgan fingerprint density at radius 3 is 2.75 bits per heavy atom. The Balaban J connectivity index is 2.08. The lowest BCUT2D eigenvalue weighted by molar-refractivity contribution is 0.198. The summed E-state index contributed by atoms with van der Waals surface area (Å²) >= 11 is 0. The molecule has 1 N–H and O–H groups in total. The molecule has 2 rings (SSSR count). The van der Waals surface area contributed by atoms with E-state index in [0.29, 0.717) is 6.61 Å². The van der Waals surface area contributed by atoms with Gasteiger partial charge < -0.3 is 9.84 Å². The minimum absolute atomic E-state index is 0.480. The molecule has 0 saturated heterocycles. The number of ether oxygens (including phenoxy) is 1. The first-order valence-corrected chi connectivity index (χ1v) is 7.10. The summed E-state index contributed by atoms with van der Waals surface area (Å²) in [5.41, 5.74) is 3.02. The van der Waals surface area contributed by atoms with Crippen LogP contribution >= 0.6 is 0 Å². The third-order valence-electron chi connectivity index (χ3n) is 3.30. The monoisotopic (exact) mass is 274 g/mol. The highest BCUT2D eigenvalue weighted by atomic mass is 16.5. The van der Waals surface area contributed by atoms with Crippen molar-refractivity contribution in [2.45, 2.75) is 46.4 Å². The molecule has 108 valence electrons. The number of benzene rings is 1. The third-order valence-corrected chi connectivity index (χ3v) is 3.30. The molecular formula is C16H22N2O2. The highest BCUT2D eigenvalue weighted by molar-refractivity contribution is 5.29. The summed E-state index contributed by atoms with van der Waals surface area (Å²) in [6.45, 7) is 7.25. The molecule has 0 amide bonds. The molecule has 0 saturated carbocycles. The number of hydrogen-bond donors (Lipinski definition) is 1. The van der Waals surface area contributed by atoms with Crippen molar-refractivity contribution < 1.29 is 9.84 Å². The van der Waals surface area contributed by atoms with Crippen molar-refractivity contribution in [1.29, 1.82) is 0 Å². The highest BCUT2D eigenvalue weighted by Gasteiger charge is 2.07. The van der Waals surface area contributed by atoms with Gasteiger partial charge in [0.15, 0.2) is 0 Å². The lowest BCUT2D eigenvalue weighted by Crippen LogP contribution is -2.06. The van der Waals surface area contributed by atoms with Gasteiger partial charge in [0, 0.05) is 6.54 Å². The van der Waals surface area contributed by atoms with Gasteiger partial charge in [0.2, 0.25) is 0 Å². The van der Waals surface area contributed by atoms with Crippen LogP contribution in [0.25, 0.3) is 0 Å². The minimum Gasteiger partial charge on any atom is -0.487 e. The van der Waals surface area contributed by atoms with Crippen molar-refractivity contribution in [3.63, 3.8) is 0 Å². The summed E-state index contributed by atoms with van der Waals surface area (Å²) < 4.78 is 7.78. The molecule has 0 spiro atoms. The first-order chi connectivity index (χ1) is 9.63. The first-order valence-electron chi connectivity index (χ1n) is 7.10. The van der Waals surface area contributed by atoms with Gasteiger partial charge in [-0.15, -0.1) is 0 Å². The van der Waals surface area contributed by atoms with Crippen LogP contribution in [-0.4, -0.2) is 14.9 Å². The molecule has 0 aliphatic carbocycles. The van der Waals surface area contributed by atoms with E-state index in [1.807, 2.05) is 28.9 Å². The normalized spacial score (nSPS) is 12.4. The SMILES string of the molecule is CCc1cc(COc2cccc([C@@H](C)O)c2)n(CC)n1. The van der Waals surface area contributed by atoms with Crippen molar-refractivity contribution in [2.75, 3.05) is 0 Å². The molecule has 0 unspecified atom stereocenters. The van der Waals surface area contributed by atoms with Gasteiger partial charge in [-0.1, -0.05) is 19.1 Å². The summed E-state index contributed by atoms with van der Waals surface area (Å²) in [6.07, 6.45) is 0.448. The second-order valence-corrected chi connectivity index (χ2v) is 4.83. The lowest BCUT2D eigenvalue weighted by atomic mass is 10.1. The van der Waals surface area contributed by atoms with E-state index in [1.54, 1.807) is 6.92 Å². The average Bonchev–Trinajstić information content (AvgIpc) is 2.88. The summed E-state index contributed by atoms with van der Waals surface area (Å²) in [5, 5.41) is 14.1. The van der Waals surface area contributed by atoms with Gasteiger partial charge >= 0.3 is 0 Å². The van der Waals surface area contributed by atoms with E-state index in [1.165, 1.54) is 0 Å². The van der Waals surface area contributed by atoms with Gasteiger partial charge in [-0.25, -0.2) is 0 Å². The number of aliphatic hydroxyl groups excluding tert-OH is 1. The van der Waals surface area contributed by atoms with Crippen LogP contribution in [0.15, 0.2) is 30.3 Å². The van der Waals surface area contributed by atoms with E-state index >= 15 is 0 Å². The third kappa shape index (κ3) is 3.39. The summed E-state index contributed by atoms with van der Waals surface area (Å²) in [5.74, 6) is 0.769. The van der Waals surface area contributed by atoms with Crippen molar-refractivity contribution >= 4 is 0 Å². The first kappa shape index (κ1) is 14.6. The largest absolute Gasteiger partial charge is 0.487 e. The van der Waals surface area contributed by atoms with Gasteiger partial charge in [-0.3, -0.25) is 4.68 Å². The second kappa shape index (κ2) is 6.57. The van der Waals surface area contributed by atoms with E-state index < -0.39 is 6.10 Å². The maximum Gasteiger partial charge on any atom is 0.130 e. The zero-order chi connectivity index (χ0) is 14.5. The topological polar surface area (TPSA) is 47.3 Å². The van der Waals surface area contributed by atoms with Crippen LogP contribution < -0.4 is 4.74 Å². The number of hydrogen-bond acceptors (Lipinski definition) is 3. The molecule has 1 aromatic heterocycles. The van der Waals surface area contributed by atoms with Gasteiger partial charge in [0.1, 0.15) is 12.4 Å². The molecule has 0 bridgehead atoms. The fourth-order valence-corrected chi connectivity index (χ4v) is 2.10. The van der Waals surface area contributed by atoms with E-state index in [2.05, 4.69) is 25.0 Å². The lowest BCUT2D eigenvalue weighted by Gasteiger charge is -2.10. The van der Waals surface area contributed by atoms with Crippen LogP contribution in [0.2, 0.25) is 0 Å². The van der Waals surface area contributed by atoms with Crippen LogP contribution in [-0.2, 0) is 19.6 Å². The average molecular weight is 274 g/mol. The molecule has 1 heterocycles. The standard InChI is InChI=1S/C16H22N2O2/c1-4-14-10-15(18(5-2)17-14)11-20-16-8-6-7-13(9-16)12(3)19/h6-10,12,19H,4-5,11H2,1-3H3/t12-/m1/s1. The van der Waals surface area contributed by atoms with Crippen molar-refractivity contribution in [1.82, 2.24) is 9.78 Å². The molecule has 4 nitrogen and oxygen atoms in total. The van der Waals surface area contributed by atoms with E-state index in [-0.39, 0.29) is 0 Å². The van der Waals surface area contributed by atoms with Crippen molar-refractivity contribution in [2.24, 2.45) is 0 Å². The van der Waals surface area contributed by atoms with E-state index in [4.69, 9.17) is 4.74 Å². The van der Waals surface area contributed by atoms with Crippen LogP contribution in [0.1, 0.15) is 43.8 Å². The van der Waals surface area contributed by atoms with Crippen LogP contribution in [0.4, 0.5) is 0 Å². The molecule has 0 aliphatic heterocycles. The predicted molar refractivity (Wildman–Crippen MR) is 78.7 cm³/mol. The Labute approximate surface area is 120 Å². The number of aryl methyl sites for hydroxylation is 2. The summed E-state index contributed by atoms with van der Waals surface area (Å²) in [6, 6.07) is 9.65. The van der Waals surface area contributed by atoms with E-state index in [9.17, 15) is 5.11 Å². The Morgan fingerprint density at radius 1 is 1.30 bits per heavy atom. The quantitative estimate of drug-likeness (QED) is 0.880. The molecule has 0 fully saturated rings.